The second-order valence-corrected chi connectivity index (χ2v) is 3.81. The number of hydrogen-bond acceptors (Lipinski definition) is 3. The fourth-order valence-corrected chi connectivity index (χ4v) is 1.84. The molecule has 3 nitrogen and oxygen atoms in total. The third-order valence-electron chi connectivity index (χ3n) is 2.53. The van der Waals surface area contributed by atoms with Gasteiger partial charge in [0.15, 0.2) is 0 Å². The maximum absolute atomic E-state index is 12.7. The van der Waals surface area contributed by atoms with Gasteiger partial charge in [0, 0.05) is 13.1 Å². The largest absolute Gasteiger partial charge is 0.404 e. The normalized spacial score (nSPS) is 26.6. The van der Waals surface area contributed by atoms with Gasteiger partial charge in [0.2, 0.25) is 0 Å². The van der Waals surface area contributed by atoms with E-state index in [1.54, 1.807) is 6.92 Å². The fraction of sp³-hybridized carbons (Fsp3) is 1.00. The molecule has 2 atom stereocenters. The van der Waals surface area contributed by atoms with Crippen molar-refractivity contribution in [2.24, 2.45) is 5.73 Å². The zero-order valence-electron chi connectivity index (χ0n) is 8.76. The highest BCUT2D eigenvalue weighted by Gasteiger charge is 2.43. The summed E-state index contributed by atoms with van der Waals surface area (Å²) in [6.45, 7) is 2.84. The smallest absolute Gasteiger partial charge is 0.376 e. The molecule has 1 saturated heterocycles. The van der Waals surface area contributed by atoms with Gasteiger partial charge in [-0.2, -0.15) is 13.2 Å². The summed E-state index contributed by atoms with van der Waals surface area (Å²) in [7, 11) is 0. The van der Waals surface area contributed by atoms with E-state index in [9.17, 15) is 13.2 Å². The lowest BCUT2D eigenvalue weighted by Gasteiger charge is -2.37. The molecule has 0 aromatic rings. The van der Waals surface area contributed by atoms with E-state index in [1.165, 1.54) is 4.90 Å². The molecule has 1 heterocycles. The molecule has 15 heavy (non-hydrogen) atoms. The Morgan fingerprint density at radius 1 is 1.53 bits per heavy atom. The summed E-state index contributed by atoms with van der Waals surface area (Å²) in [5, 5.41) is 0. The molecule has 0 saturated carbocycles. The summed E-state index contributed by atoms with van der Waals surface area (Å²) < 4.78 is 43.3. The zero-order valence-corrected chi connectivity index (χ0v) is 8.76. The van der Waals surface area contributed by atoms with Crippen LogP contribution in [0.5, 0.6) is 0 Å². The molecular formula is C9H17F3N2O. The van der Waals surface area contributed by atoms with E-state index in [0.717, 1.165) is 0 Å². The Kier molecular flexibility index (Phi) is 4.36. The minimum Gasteiger partial charge on any atom is -0.376 e. The highest BCUT2D eigenvalue weighted by Crippen LogP contribution is 2.28. The van der Waals surface area contributed by atoms with Crippen molar-refractivity contribution in [3.05, 3.63) is 0 Å². The Balaban J connectivity index is 2.62. The first-order valence-electron chi connectivity index (χ1n) is 5.07. The lowest BCUT2D eigenvalue weighted by Crippen LogP contribution is -2.53. The first-order chi connectivity index (χ1) is 6.95. The van der Waals surface area contributed by atoms with Crippen molar-refractivity contribution in [2.75, 3.05) is 26.2 Å². The molecule has 1 rings (SSSR count). The van der Waals surface area contributed by atoms with Gasteiger partial charge in [-0.25, -0.2) is 0 Å². The van der Waals surface area contributed by atoms with Crippen LogP contribution >= 0.6 is 0 Å². The van der Waals surface area contributed by atoms with Crippen LogP contribution in [0.3, 0.4) is 0 Å². The molecule has 90 valence electrons. The molecule has 1 fully saturated rings. The summed E-state index contributed by atoms with van der Waals surface area (Å²) in [4.78, 5) is 1.42. The molecule has 0 radical (unpaired) electrons. The van der Waals surface area contributed by atoms with Crippen molar-refractivity contribution in [3.63, 3.8) is 0 Å². The second kappa shape index (κ2) is 5.14. The van der Waals surface area contributed by atoms with Gasteiger partial charge in [-0.1, -0.05) is 0 Å². The van der Waals surface area contributed by atoms with E-state index in [0.29, 0.717) is 19.7 Å². The first-order valence-corrected chi connectivity index (χ1v) is 5.07. The van der Waals surface area contributed by atoms with Gasteiger partial charge in [-0.3, -0.25) is 4.90 Å². The van der Waals surface area contributed by atoms with E-state index < -0.39 is 12.2 Å². The van der Waals surface area contributed by atoms with Crippen LogP contribution < -0.4 is 5.73 Å². The van der Waals surface area contributed by atoms with Crippen LogP contribution in [0.25, 0.3) is 0 Å². The highest BCUT2D eigenvalue weighted by atomic mass is 19.4. The minimum atomic E-state index is -4.20. The average molecular weight is 226 g/mol. The minimum absolute atomic E-state index is 0.0454. The van der Waals surface area contributed by atoms with E-state index in [2.05, 4.69) is 0 Å². The topological polar surface area (TPSA) is 38.5 Å². The molecule has 6 heteroatoms. The molecular weight excluding hydrogens is 209 g/mol. The standard InChI is InChI=1S/C9H17F3N2O/c1-7-6-14(4-5-15-7)8(2-3-13)9(10,11)12/h7-8H,2-6,13H2,1H3. The van der Waals surface area contributed by atoms with Gasteiger partial charge in [0.05, 0.1) is 12.7 Å². The number of alkyl halides is 3. The van der Waals surface area contributed by atoms with Crippen molar-refractivity contribution in [1.82, 2.24) is 4.90 Å². The Hall–Kier alpha value is -0.330. The molecule has 0 amide bonds. The Labute approximate surface area is 87.4 Å². The van der Waals surface area contributed by atoms with Crippen molar-refractivity contribution in [3.8, 4) is 0 Å². The van der Waals surface area contributed by atoms with Gasteiger partial charge in [0.1, 0.15) is 6.04 Å². The summed E-state index contributed by atoms with van der Waals surface area (Å²) >= 11 is 0. The lowest BCUT2D eigenvalue weighted by molar-refractivity contribution is -0.197. The predicted molar refractivity (Wildman–Crippen MR) is 50.5 cm³/mol. The monoisotopic (exact) mass is 226 g/mol. The first kappa shape index (κ1) is 12.7. The van der Waals surface area contributed by atoms with Crippen LogP contribution in [0, 0.1) is 0 Å². The molecule has 0 bridgehead atoms. The third-order valence-corrected chi connectivity index (χ3v) is 2.53. The Morgan fingerprint density at radius 2 is 2.20 bits per heavy atom. The molecule has 0 aliphatic carbocycles. The van der Waals surface area contributed by atoms with Crippen molar-refractivity contribution >= 4 is 0 Å². The summed E-state index contributed by atoms with van der Waals surface area (Å²) in [6, 6.07) is -1.42. The number of nitrogens with two attached hydrogens (primary N) is 1. The number of halogens is 3. The molecule has 0 spiro atoms. The number of ether oxygens (including phenoxy) is 1. The Bertz CT molecular complexity index is 198. The molecule has 2 N–H and O–H groups in total. The van der Waals surface area contributed by atoms with Crippen LogP contribution in [0.4, 0.5) is 13.2 Å². The number of nitrogens with zero attached hydrogens (tertiary/aromatic N) is 1. The molecule has 0 aromatic carbocycles. The van der Waals surface area contributed by atoms with Crippen LogP contribution in [0.2, 0.25) is 0 Å². The van der Waals surface area contributed by atoms with Gasteiger partial charge in [-0.05, 0) is 19.9 Å². The van der Waals surface area contributed by atoms with Gasteiger partial charge >= 0.3 is 6.18 Å². The van der Waals surface area contributed by atoms with Crippen LogP contribution in [-0.2, 0) is 4.74 Å². The van der Waals surface area contributed by atoms with Crippen LogP contribution in [0.15, 0.2) is 0 Å². The average Bonchev–Trinajstić information content (AvgIpc) is 2.12. The number of hydrogen-bond donors (Lipinski definition) is 1. The molecule has 0 aromatic heterocycles. The van der Waals surface area contributed by atoms with Crippen molar-refractivity contribution in [1.29, 1.82) is 0 Å². The van der Waals surface area contributed by atoms with E-state index >= 15 is 0 Å². The van der Waals surface area contributed by atoms with Gasteiger partial charge in [-0.15, -0.1) is 0 Å². The highest BCUT2D eigenvalue weighted by molar-refractivity contribution is 4.82. The maximum Gasteiger partial charge on any atom is 0.404 e. The lowest BCUT2D eigenvalue weighted by atomic mass is 10.1. The van der Waals surface area contributed by atoms with Gasteiger partial charge < -0.3 is 10.5 Å². The third kappa shape index (κ3) is 3.62. The van der Waals surface area contributed by atoms with Crippen LogP contribution in [-0.4, -0.2) is 49.5 Å². The maximum atomic E-state index is 12.7. The number of rotatable bonds is 3. The van der Waals surface area contributed by atoms with Crippen LogP contribution in [0.1, 0.15) is 13.3 Å². The summed E-state index contributed by atoms with van der Waals surface area (Å²) in [5.74, 6) is 0. The summed E-state index contributed by atoms with van der Waals surface area (Å²) in [5.41, 5.74) is 5.21. The SMILES string of the molecule is CC1CN(C(CCN)C(F)(F)F)CCO1. The van der Waals surface area contributed by atoms with Crippen molar-refractivity contribution in [2.45, 2.75) is 31.7 Å². The summed E-state index contributed by atoms with van der Waals surface area (Å²) in [6.07, 6.45) is -4.38. The number of morpholine rings is 1. The van der Waals surface area contributed by atoms with Gasteiger partial charge in [0.25, 0.3) is 0 Å². The zero-order chi connectivity index (χ0) is 11.5. The predicted octanol–water partition coefficient (Wildman–Crippen LogP) is 0.987. The van der Waals surface area contributed by atoms with E-state index in [1.807, 2.05) is 0 Å². The van der Waals surface area contributed by atoms with Crippen molar-refractivity contribution < 1.29 is 17.9 Å². The quantitative estimate of drug-likeness (QED) is 0.779. The molecule has 1 aliphatic rings. The Morgan fingerprint density at radius 3 is 2.67 bits per heavy atom. The molecule has 1 aliphatic heterocycles. The fourth-order valence-electron chi connectivity index (χ4n) is 1.84. The van der Waals surface area contributed by atoms with E-state index in [4.69, 9.17) is 10.5 Å². The second-order valence-electron chi connectivity index (χ2n) is 3.81. The van der Waals surface area contributed by atoms with E-state index in [-0.39, 0.29) is 19.1 Å². The molecule has 2 unspecified atom stereocenters.